The van der Waals surface area contributed by atoms with Crippen LogP contribution in [0.1, 0.15) is 27.2 Å². The number of hydrogen-bond acceptors (Lipinski definition) is 4. The van der Waals surface area contributed by atoms with E-state index in [1.54, 1.807) is 14.0 Å². The van der Waals surface area contributed by atoms with Gasteiger partial charge in [0.25, 0.3) is 5.91 Å². The fraction of sp³-hybridized carbons (Fsp3) is 0.636. The molecule has 0 aliphatic carbocycles. The van der Waals surface area contributed by atoms with Crippen LogP contribution in [0.25, 0.3) is 0 Å². The van der Waals surface area contributed by atoms with Crippen molar-refractivity contribution in [2.75, 3.05) is 7.05 Å². The first-order valence-corrected chi connectivity index (χ1v) is 6.34. The minimum Gasteiger partial charge on any atom is -0.356 e. The van der Waals surface area contributed by atoms with E-state index in [9.17, 15) is 9.90 Å². The third-order valence-electron chi connectivity index (χ3n) is 2.87. The van der Waals surface area contributed by atoms with E-state index in [-0.39, 0.29) is 11.8 Å². The molecular formula is C11H18BrN3O2. The first-order valence-electron chi connectivity index (χ1n) is 5.55. The number of nitrogens with zero attached hydrogens (tertiary/aromatic N) is 2. The van der Waals surface area contributed by atoms with Gasteiger partial charge in [0.2, 0.25) is 6.35 Å². The number of amides is 1. The summed E-state index contributed by atoms with van der Waals surface area (Å²) in [5.41, 5.74) is 0.498. The number of hydrogen-bond donors (Lipinski definition) is 2. The van der Waals surface area contributed by atoms with E-state index >= 15 is 0 Å². The molecule has 17 heavy (non-hydrogen) atoms. The van der Waals surface area contributed by atoms with Gasteiger partial charge in [-0.1, -0.05) is 13.8 Å². The van der Waals surface area contributed by atoms with Crippen LogP contribution in [0.15, 0.2) is 16.4 Å². The average Bonchev–Trinajstić information content (AvgIpc) is 2.30. The molecule has 1 heterocycles. The summed E-state index contributed by atoms with van der Waals surface area (Å²) in [6.45, 7) is 5.80. The lowest BCUT2D eigenvalue weighted by Gasteiger charge is -2.32. The van der Waals surface area contributed by atoms with Crippen LogP contribution in [-0.4, -0.2) is 33.9 Å². The Balaban J connectivity index is 3.09. The molecule has 0 spiro atoms. The minimum absolute atomic E-state index is 0.283. The van der Waals surface area contributed by atoms with Crippen molar-refractivity contribution in [3.05, 3.63) is 11.4 Å². The third-order valence-corrected chi connectivity index (χ3v) is 3.83. The number of aliphatic hydroxyl groups excluding tert-OH is 1. The second-order valence-corrected chi connectivity index (χ2v) is 4.96. The first kappa shape index (κ1) is 14.2. The number of halogens is 1. The van der Waals surface area contributed by atoms with Crippen LogP contribution in [0, 0.1) is 5.92 Å². The van der Waals surface area contributed by atoms with Gasteiger partial charge in [-0.3, -0.25) is 4.79 Å². The second-order valence-electron chi connectivity index (χ2n) is 4.15. The standard InChI is InChI=1S/C11H18BrN3O2/c1-5-6(2)8(12)13-9-7(3)10(16)14-11(17)15(9)4/h6,11,17H,5H2,1-4H3,(H,14,16)/b13-8+. The van der Waals surface area contributed by atoms with E-state index < -0.39 is 6.35 Å². The largest absolute Gasteiger partial charge is 0.356 e. The van der Waals surface area contributed by atoms with Crippen molar-refractivity contribution in [1.82, 2.24) is 10.2 Å². The van der Waals surface area contributed by atoms with Crippen LogP contribution in [0.4, 0.5) is 0 Å². The Morgan fingerprint density at radius 1 is 1.71 bits per heavy atom. The summed E-state index contributed by atoms with van der Waals surface area (Å²) < 4.78 is 0.781. The van der Waals surface area contributed by atoms with Gasteiger partial charge in [0, 0.05) is 13.0 Å². The molecule has 6 heteroatoms. The van der Waals surface area contributed by atoms with Crippen molar-refractivity contribution in [2.24, 2.45) is 10.9 Å². The van der Waals surface area contributed by atoms with E-state index in [0.717, 1.165) is 11.0 Å². The van der Waals surface area contributed by atoms with Crippen LogP contribution in [0.5, 0.6) is 0 Å². The molecule has 1 aliphatic rings. The Labute approximate surface area is 110 Å². The van der Waals surface area contributed by atoms with Crippen molar-refractivity contribution < 1.29 is 9.90 Å². The summed E-state index contributed by atoms with van der Waals surface area (Å²) >= 11 is 3.41. The van der Waals surface area contributed by atoms with E-state index in [1.165, 1.54) is 4.90 Å². The van der Waals surface area contributed by atoms with Gasteiger partial charge in [-0.25, -0.2) is 4.99 Å². The fourth-order valence-electron chi connectivity index (χ4n) is 1.35. The number of aliphatic hydroxyl groups is 1. The zero-order valence-electron chi connectivity index (χ0n) is 10.5. The smallest absolute Gasteiger partial charge is 0.254 e. The molecule has 0 aromatic rings. The maximum atomic E-state index is 11.5. The van der Waals surface area contributed by atoms with Gasteiger partial charge in [0.15, 0.2) is 0 Å². The summed E-state index contributed by atoms with van der Waals surface area (Å²) in [7, 11) is 1.68. The normalized spacial score (nSPS) is 23.9. The lowest BCUT2D eigenvalue weighted by Crippen LogP contribution is -2.50. The van der Waals surface area contributed by atoms with Crippen LogP contribution >= 0.6 is 15.9 Å². The maximum absolute atomic E-state index is 11.5. The molecule has 2 atom stereocenters. The molecule has 1 rings (SSSR count). The Morgan fingerprint density at radius 3 is 2.82 bits per heavy atom. The van der Waals surface area contributed by atoms with E-state index in [4.69, 9.17) is 0 Å². The lowest BCUT2D eigenvalue weighted by molar-refractivity contribution is -0.125. The van der Waals surface area contributed by atoms with Gasteiger partial charge in [-0.15, -0.1) is 0 Å². The molecule has 1 aliphatic heterocycles. The Kier molecular flexibility index (Phi) is 4.70. The number of carbonyl (C=O) groups is 1. The van der Waals surface area contributed by atoms with Gasteiger partial charge >= 0.3 is 0 Å². The Morgan fingerprint density at radius 2 is 2.29 bits per heavy atom. The molecule has 0 saturated carbocycles. The molecule has 0 aromatic carbocycles. The number of nitrogens with one attached hydrogen (secondary N) is 1. The Hall–Kier alpha value is -0.880. The SMILES string of the molecule is CCC(C)/C(Br)=N\C1=C(C)C(=O)NC(O)N1C. The average molecular weight is 304 g/mol. The van der Waals surface area contributed by atoms with Gasteiger partial charge in [-0.2, -0.15) is 0 Å². The summed E-state index contributed by atoms with van der Waals surface area (Å²) in [6, 6.07) is 0. The second kappa shape index (κ2) is 5.64. The molecule has 96 valence electrons. The van der Waals surface area contributed by atoms with Crippen LogP contribution < -0.4 is 5.32 Å². The Bertz CT molecular complexity index is 379. The van der Waals surface area contributed by atoms with Crippen LogP contribution in [-0.2, 0) is 4.79 Å². The highest BCUT2D eigenvalue weighted by molar-refractivity contribution is 9.18. The van der Waals surface area contributed by atoms with Gasteiger partial charge in [-0.05, 0) is 29.3 Å². The summed E-state index contributed by atoms with van der Waals surface area (Å²) in [5, 5.41) is 12.0. The van der Waals surface area contributed by atoms with Crippen LogP contribution in [0.2, 0.25) is 0 Å². The molecule has 2 unspecified atom stereocenters. The first-order chi connectivity index (χ1) is 7.88. The minimum atomic E-state index is -1.03. The quantitative estimate of drug-likeness (QED) is 0.775. The number of rotatable bonds is 3. The molecular weight excluding hydrogens is 286 g/mol. The molecule has 0 radical (unpaired) electrons. The number of aliphatic imine (C=N–C) groups is 1. The highest BCUT2D eigenvalue weighted by Crippen LogP contribution is 2.20. The maximum Gasteiger partial charge on any atom is 0.254 e. The van der Waals surface area contributed by atoms with Crippen molar-refractivity contribution in [3.8, 4) is 0 Å². The van der Waals surface area contributed by atoms with Crippen molar-refractivity contribution in [3.63, 3.8) is 0 Å². The molecule has 0 bridgehead atoms. The zero-order chi connectivity index (χ0) is 13.2. The molecule has 5 nitrogen and oxygen atoms in total. The van der Waals surface area contributed by atoms with Gasteiger partial charge in [0.05, 0.1) is 10.2 Å². The van der Waals surface area contributed by atoms with Crippen molar-refractivity contribution in [2.45, 2.75) is 33.5 Å². The zero-order valence-corrected chi connectivity index (χ0v) is 12.1. The van der Waals surface area contributed by atoms with Crippen LogP contribution in [0.3, 0.4) is 0 Å². The van der Waals surface area contributed by atoms with Crippen molar-refractivity contribution >= 4 is 26.5 Å². The molecule has 0 aromatic heterocycles. The molecule has 1 amide bonds. The van der Waals surface area contributed by atoms with E-state index in [0.29, 0.717) is 11.4 Å². The van der Waals surface area contributed by atoms with E-state index in [2.05, 4.69) is 33.2 Å². The topological polar surface area (TPSA) is 64.9 Å². The predicted molar refractivity (Wildman–Crippen MR) is 70.4 cm³/mol. The predicted octanol–water partition coefficient (Wildman–Crippen LogP) is 1.39. The highest BCUT2D eigenvalue weighted by atomic mass is 79.9. The number of carbonyl (C=O) groups excluding carboxylic acids is 1. The molecule has 0 fully saturated rings. The van der Waals surface area contributed by atoms with Gasteiger partial charge in [0.1, 0.15) is 5.82 Å². The highest BCUT2D eigenvalue weighted by Gasteiger charge is 2.27. The molecule has 0 saturated heterocycles. The summed E-state index contributed by atoms with van der Waals surface area (Å²) in [6.07, 6.45) is -0.0725. The van der Waals surface area contributed by atoms with E-state index in [1.807, 2.05) is 6.92 Å². The fourth-order valence-corrected chi connectivity index (χ4v) is 1.84. The third kappa shape index (κ3) is 3.07. The van der Waals surface area contributed by atoms with Crippen molar-refractivity contribution in [1.29, 1.82) is 0 Å². The summed E-state index contributed by atoms with van der Waals surface area (Å²) in [5.74, 6) is 0.484. The molecule has 2 N–H and O–H groups in total. The van der Waals surface area contributed by atoms with Gasteiger partial charge < -0.3 is 15.3 Å². The lowest BCUT2D eigenvalue weighted by atomic mass is 10.1. The monoisotopic (exact) mass is 303 g/mol. The summed E-state index contributed by atoms with van der Waals surface area (Å²) in [4.78, 5) is 17.5.